The lowest BCUT2D eigenvalue weighted by Crippen LogP contribution is -2.15. The van der Waals surface area contributed by atoms with E-state index in [1.165, 1.54) is 106 Å². The molecule has 186 valence electrons. The van der Waals surface area contributed by atoms with E-state index in [0.29, 0.717) is 0 Å². The number of ether oxygens (including phenoxy) is 1. The first-order valence-corrected chi connectivity index (χ1v) is 14.1. The van der Waals surface area contributed by atoms with Crippen LogP contribution in [0.3, 0.4) is 0 Å². The van der Waals surface area contributed by atoms with Crippen LogP contribution in [0.25, 0.3) is 6.08 Å². The van der Waals surface area contributed by atoms with Crippen molar-refractivity contribution in [3.05, 3.63) is 70.8 Å². The Morgan fingerprint density at radius 2 is 1.44 bits per heavy atom. The first kappa shape index (κ1) is 26.6. The van der Waals surface area contributed by atoms with Gasteiger partial charge in [-0.1, -0.05) is 107 Å². The third-order valence-electron chi connectivity index (χ3n) is 7.87. The van der Waals surface area contributed by atoms with Crippen molar-refractivity contribution in [1.82, 2.24) is 0 Å². The highest BCUT2D eigenvalue weighted by Crippen LogP contribution is 2.34. The van der Waals surface area contributed by atoms with Crippen molar-refractivity contribution in [3.8, 4) is 5.75 Å². The Balaban J connectivity index is 1.31. The van der Waals surface area contributed by atoms with Crippen molar-refractivity contribution in [2.24, 2.45) is 11.8 Å². The number of methoxy groups -OCH3 is 1. The monoisotopic (exact) mass is 460 g/mol. The largest absolute Gasteiger partial charge is 0.496 e. The number of rotatable bonds is 14. The summed E-state index contributed by atoms with van der Waals surface area (Å²) in [5, 5.41) is 0. The molecule has 2 aromatic rings. The molecule has 0 saturated heterocycles. The zero-order valence-corrected chi connectivity index (χ0v) is 22.2. The van der Waals surface area contributed by atoms with Gasteiger partial charge in [0.15, 0.2) is 0 Å². The summed E-state index contributed by atoms with van der Waals surface area (Å²) in [7, 11) is 1.80. The molecule has 1 fully saturated rings. The maximum atomic E-state index is 5.60. The zero-order valence-electron chi connectivity index (χ0n) is 22.2. The van der Waals surface area contributed by atoms with E-state index in [9.17, 15) is 0 Å². The molecule has 0 radical (unpaired) electrons. The Bertz CT molecular complexity index is 839. The van der Waals surface area contributed by atoms with Crippen molar-refractivity contribution in [3.63, 3.8) is 0 Å². The summed E-state index contributed by atoms with van der Waals surface area (Å²) in [5.74, 6) is 2.98. The average molecular weight is 461 g/mol. The molecule has 1 aliphatic carbocycles. The minimum absolute atomic E-state index is 0.942. The molecule has 1 heteroatoms. The molecule has 0 spiro atoms. The summed E-state index contributed by atoms with van der Waals surface area (Å²) >= 11 is 0. The molecule has 1 aliphatic rings. The Morgan fingerprint density at radius 3 is 2.12 bits per heavy atom. The van der Waals surface area contributed by atoms with E-state index in [-0.39, 0.29) is 0 Å². The predicted molar refractivity (Wildman–Crippen MR) is 149 cm³/mol. The Morgan fingerprint density at radius 1 is 0.765 bits per heavy atom. The smallest absolute Gasteiger partial charge is 0.122 e. The normalized spacial score (nSPS) is 18.4. The van der Waals surface area contributed by atoms with Crippen LogP contribution >= 0.6 is 0 Å². The van der Waals surface area contributed by atoms with E-state index >= 15 is 0 Å². The van der Waals surface area contributed by atoms with Crippen LogP contribution in [-0.4, -0.2) is 7.11 Å². The first-order chi connectivity index (χ1) is 16.7. The van der Waals surface area contributed by atoms with Crippen molar-refractivity contribution in [2.45, 2.75) is 104 Å². The van der Waals surface area contributed by atoms with Crippen molar-refractivity contribution >= 4 is 6.08 Å². The van der Waals surface area contributed by atoms with Gasteiger partial charge in [-0.25, -0.2) is 0 Å². The van der Waals surface area contributed by atoms with Gasteiger partial charge in [0.1, 0.15) is 5.75 Å². The molecule has 3 rings (SSSR count). The molecular formula is C33H48O. The second-order valence-electron chi connectivity index (χ2n) is 10.5. The van der Waals surface area contributed by atoms with E-state index in [2.05, 4.69) is 68.5 Å². The number of allylic oxidation sites excluding steroid dienone is 1. The van der Waals surface area contributed by atoms with Gasteiger partial charge in [-0.05, 0) is 85.6 Å². The fraction of sp³-hybridized carbons (Fsp3) is 0.576. The molecule has 0 atom stereocenters. The van der Waals surface area contributed by atoms with Crippen LogP contribution in [0.2, 0.25) is 0 Å². The molecule has 34 heavy (non-hydrogen) atoms. The van der Waals surface area contributed by atoms with Gasteiger partial charge in [0.25, 0.3) is 0 Å². The Kier molecular flexibility index (Phi) is 11.8. The maximum Gasteiger partial charge on any atom is 0.122 e. The number of hydrogen-bond acceptors (Lipinski definition) is 1. The van der Waals surface area contributed by atoms with Crippen LogP contribution in [0.5, 0.6) is 5.75 Å². The average Bonchev–Trinajstić information content (AvgIpc) is 2.87. The molecule has 1 saturated carbocycles. The van der Waals surface area contributed by atoms with Crippen LogP contribution in [0.15, 0.2) is 48.5 Å². The summed E-state index contributed by atoms with van der Waals surface area (Å²) in [6.07, 6.45) is 23.0. The minimum atomic E-state index is 0.942. The highest BCUT2D eigenvalue weighted by molar-refractivity contribution is 5.49. The van der Waals surface area contributed by atoms with Crippen LogP contribution in [0.4, 0.5) is 0 Å². The highest BCUT2D eigenvalue weighted by Gasteiger charge is 2.20. The summed E-state index contributed by atoms with van der Waals surface area (Å²) in [4.78, 5) is 0. The number of unbranched alkanes of at least 4 members (excludes halogenated alkanes) is 3. The van der Waals surface area contributed by atoms with Crippen LogP contribution < -0.4 is 4.74 Å². The molecule has 0 N–H and O–H groups in total. The lowest BCUT2D eigenvalue weighted by Gasteiger charge is -2.28. The Hall–Kier alpha value is -2.02. The third-order valence-corrected chi connectivity index (χ3v) is 7.87. The van der Waals surface area contributed by atoms with Crippen molar-refractivity contribution < 1.29 is 4.74 Å². The number of aryl methyl sites for hydroxylation is 3. The molecule has 0 aliphatic heterocycles. The van der Waals surface area contributed by atoms with Gasteiger partial charge < -0.3 is 4.74 Å². The summed E-state index contributed by atoms with van der Waals surface area (Å²) in [6, 6.07) is 16.0. The zero-order chi connectivity index (χ0) is 24.0. The predicted octanol–water partition coefficient (Wildman–Crippen LogP) is 9.61. The fourth-order valence-corrected chi connectivity index (χ4v) is 5.68. The number of hydrogen-bond donors (Lipinski definition) is 0. The van der Waals surface area contributed by atoms with E-state index in [4.69, 9.17) is 4.74 Å². The maximum absolute atomic E-state index is 5.60. The quantitative estimate of drug-likeness (QED) is 0.255. The van der Waals surface area contributed by atoms with Gasteiger partial charge in [-0.15, -0.1) is 0 Å². The second-order valence-corrected chi connectivity index (χ2v) is 10.5. The van der Waals surface area contributed by atoms with Gasteiger partial charge >= 0.3 is 0 Å². The van der Waals surface area contributed by atoms with Gasteiger partial charge in [-0.2, -0.15) is 0 Å². The van der Waals surface area contributed by atoms with E-state index in [0.717, 1.165) is 24.0 Å². The first-order valence-electron chi connectivity index (χ1n) is 14.1. The molecule has 1 nitrogen and oxygen atoms in total. The van der Waals surface area contributed by atoms with Crippen molar-refractivity contribution in [1.29, 1.82) is 0 Å². The van der Waals surface area contributed by atoms with E-state index in [1.807, 2.05) is 0 Å². The van der Waals surface area contributed by atoms with Crippen molar-refractivity contribution in [2.75, 3.05) is 7.11 Å². The van der Waals surface area contributed by atoms with Crippen LogP contribution in [-0.2, 0) is 19.3 Å². The molecule has 2 aromatic carbocycles. The van der Waals surface area contributed by atoms with Crippen LogP contribution in [0, 0.1) is 11.8 Å². The molecule has 0 heterocycles. The van der Waals surface area contributed by atoms with Crippen LogP contribution in [0.1, 0.15) is 107 Å². The fourth-order valence-electron chi connectivity index (χ4n) is 5.68. The second kappa shape index (κ2) is 15.1. The topological polar surface area (TPSA) is 9.23 Å². The van der Waals surface area contributed by atoms with Gasteiger partial charge in [-0.3, -0.25) is 0 Å². The number of benzene rings is 2. The molecule has 0 bridgehead atoms. The van der Waals surface area contributed by atoms with Gasteiger partial charge in [0.2, 0.25) is 0 Å². The SMILES string of the molecule is C/C=C/c1ccc(CCC2CCC(CCCCc3ccc(OC)c(CCCCC)c3)CC2)cc1. The molecule has 0 unspecified atom stereocenters. The standard InChI is InChI=1S/C33H48O/c1-4-6-7-13-32-26-31(24-25-33(32)34-3)12-9-8-11-28-16-20-30(21-17-28)23-22-29-18-14-27(10-5-2)15-19-29/h5,10,14-15,18-19,24-26,28,30H,4,6-9,11-13,16-17,20-23H2,1-3H3/b10-5+. The summed E-state index contributed by atoms with van der Waals surface area (Å²) < 4.78 is 5.60. The molecular weight excluding hydrogens is 412 g/mol. The summed E-state index contributed by atoms with van der Waals surface area (Å²) in [6.45, 7) is 4.35. The lowest BCUT2D eigenvalue weighted by molar-refractivity contribution is 0.249. The minimum Gasteiger partial charge on any atom is -0.496 e. The lowest BCUT2D eigenvalue weighted by atomic mass is 9.77. The third kappa shape index (κ3) is 8.97. The Labute approximate surface area is 210 Å². The van der Waals surface area contributed by atoms with Gasteiger partial charge in [0.05, 0.1) is 7.11 Å². The van der Waals surface area contributed by atoms with E-state index < -0.39 is 0 Å². The highest BCUT2D eigenvalue weighted by atomic mass is 16.5. The summed E-state index contributed by atoms with van der Waals surface area (Å²) in [5.41, 5.74) is 5.71. The van der Waals surface area contributed by atoms with E-state index in [1.54, 1.807) is 7.11 Å². The van der Waals surface area contributed by atoms with Gasteiger partial charge in [0, 0.05) is 0 Å². The molecule has 0 aromatic heterocycles. The molecule has 0 amide bonds.